The van der Waals surface area contributed by atoms with Crippen LogP contribution in [0.25, 0.3) is 0 Å². The Morgan fingerprint density at radius 2 is 1.75 bits per heavy atom. The minimum absolute atomic E-state index is 0.145. The average molecular weight is 174 g/mol. The monoisotopic (exact) mass is 174 g/mol. The van der Waals surface area contributed by atoms with Crippen LogP contribution in [-0.4, -0.2) is 16.0 Å². The second-order valence-electron chi connectivity index (χ2n) is 2.17. The second-order valence-corrected chi connectivity index (χ2v) is 2.17. The predicted molar refractivity (Wildman–Crippen MR) is 41.8 cm³/mol. The summed E-state index contributed by atoms with van der Waals surface area (Å²) in [5, 5.41) is 20.1. The van der Waals surface area contributed by atoms with Gasteiger partial charge in [-0.05, 0) is 6.42 Å². The van der Waals surface area contributed by atoms with Gasteiger partial charge >= 0.3 is 6.17 Å². The number of hydrogen-bond donors (Lipinski definition) is 0. The largest absolute Gasteiger partial charge is 0.454 e. The van der Waals surface area contributed by atoms with Crippen molar-refractivity contribution in [2.24, 2.45) is 0 Å². The Hall–Kier alpha value is -1.46. The molecule has 0 aromatic rings. The molecule has 0 rings (SSSR count). The van der Waals surface area contributed by atoms with Crippen LogP contribution in [0.15, 0.2) is 12.2 Å². The van der Waals surface area contributed by atoms with E-state index in [1.54, 1.807) is 6.08 Å². The quantitative estimate of drug-likeness (QED) is 0.271. The summed E-state index contributed by atoms with van der Waals surface area (Å²) >= 11 is 0. The van der Waals surface area contributed by atoms with E-state index in [-0.39, 0.29) is 6.42 Å². The van der Waals surface area contributed by atoms with Crippen molar-refractivity contribution in [3.8, 4) is 0 Å². The van der Waals surface area contributed by atoms with E-state index in [9.17, 15) is 20.2 Å². The lowest BCUT2D eigenvalue weighted by atomic mass is 10.3. The predicted octanol–water partition coefficient (Wildman–Crippen LogP) is 1.22. The SMILES string of the molecule is CCC=CCC([N+](=O)[O-])[N+](=O)[O-]. The molecule has 12 heavy (non-hydrogen) atoms. The zero-order valence-corrected chi connectivity index (χ0v) is 6.67. The van der Waals surface area contributed by atoms with Crippen LogP contribution in [0.4, 0.5) is 0 Å². The van der Waals surface area contributed by atoms with E-state index in [0.717, 1.165) is 6.42 Å². The molecule has 0 aliphatic heterocycles. The molecule has 0 atom stereocenters. The Bertz CT molecular complexity index is 188. The van der Waals surface area contributed by atoms with E-state index in [1.165, 1.54) is 6.08 Å². The summed E-state index contributed by atoms with van der Waals surface area (Å²) in [6.45, 7) is 1.85. The van der Waals surface area contributed by atoms with Gasteiger partial charge in [-0.15, -0.1) is 0 Å². The van der Waals surface area contributed by atoms with Gasteiger partial charge in [0.05, 0.1) is 9.85 Å². The summed E-state index contributed by atoms with van der Waals surface area (Å²) in [4.78, 5) is 18.4. The van der Waals surface area contributed by atoms with Crippen molar-refractivity contribution in [2.75, 3.05) is 0 Å². The molecule has 0 aromatic carbocycles. The topological polar surface area (TPSA) is 86.3 Å². The second kappa shape index (κ2) is 5.22. The van der Waals surface area contributed by atoms with E-state index < -0.39 is 16.0 Å². The number of allylic oxidation sites excluding steroid dienone is 1. The minimum atomic E-state index is -1.70. The standard InChI is InChI=1S/C6H10N2O4/c1-2-3-4-5-6(7(9)10)8(11)12/h3-4,6H,2,5H2,1H3. The van der Waals surface area contributed by atoms with Crippen molar-refractivity contribution in [3.63, 3.8) is 0 Å². The molecule has 0 saturated carbocycles. The van der Waals surface area contributed by atoms with E-state index in [0.29, 0.717) is 0 Å². The van der Waals surface area contributed by atoms with Crippen LogP contribution in [0.5, 0.6) is 0 Å². The molecule has 6 nitrogen and oxygen atoms in total. The lowest BCUT2D eigenvalue weighted by molar-refractivity contribution is -0.741. The Balaban J connectivity index is 4.06. The van der Waals surface area contributed by atoms with Gasteiger partial charge in [0, 0.05) is 0 Å². The van der Waals surface area contributed by atoms with Gasteiger partial charge < -0.3 is 0 Å². The highest BCUT2D eigenvalue weighted by Gasteiger charge is 2.29. The Morgan fingerprint density at radius 1 is 1.25 bits per heavy atom. The third-order valence-electron chi connectivity index (χ3n) is 1.24. The van der Waals surface area contributed by atoms with E-state index in [2.05, 4.69) is 0 Å². The fourth-order valence-electron chi connectivity index (χ4n) is 0.634. The van der Waals surface area contributed by atoms with Crippen LogP contribution in [0.2, 0.25) is 0 Å². The van der Waals surface area contributed by atoms with E-state index in [4.69, 9.17) is 0 Å². The first-order chi connectivity index (χ1) is 5.59. The number of rotatable bonds is 5. The molecule has 0 amide bonds. The van der Waals surface area contributed by atoms with Gasteiger partial charge in [0.1, 0.15) is 6.42 Å². The van der Waals surface area contributed by atoms with Crippen LogP contribution < -0.4 is 0 Å². The maximum atomic E-state index is 10.1. The van der Waals surface area contributed by atoms with Crippen LogP contribution in [0.1, 0.15) is 19.8 Å². The maximum absolute atomic E-state index is 10.1. The van der Waals surface area contributed by atoms with Gasteiger partial charge in [0.15, 0.2) is 0 Å². The normalized spacial score (nSPS) is 10.8. The summed E-state index contributed by atoms with van der Waals surface area (Å²) in [7, 11) is 0. The molecule has 0 heterocycles. The average Bonchev–Trinajstić information content (AvgIpc) is 1.96. The highest BCUT2D eigenvalue weighted by molar-refractivity contribution is 4.80. The summed E-state index contributed by atoms with van der Waals surface area (Å²) in [6, 6.07) is 0. The maximum Gasteiger partial charge on any atom is 0.454 e. The third kappa shape index (κ3) is 3.65. The molecule has 0 bridgehead atoms. The smallest absolute Gasteiger partial charge is 0.259 e. The fourth-order valence-corrected chi connectivity index (χ4v) is 0.634. The van der Waals surface area contributed by atoms with Crippen molar-refractivity contribution in [2.45, 2.75) is 25.9 Å². The molecule has 0 radical (unpaired) electrons. The van der Waals surface area contributed by atoms with Crippen molar-refractivity contribution in [3.05, 3.63) is 32.4 Å². The fraction of sp³-hybridized carbons (Fsp3) is 0.667. The molecule has 0 N–H and O–H groups in total. The highest BCUT2D eigenvalue weighted by Crippen LogP contribution is 1.99. The zero-order valence-electron chi connectivity index (χ0n) is 6.67. The van der Waals surface area contributed by atoms with Gasteiger partial charge in [-0.25, -0.2) is 0 Å². The Kier molecular flexibility index (Phi) is 4.59. The first kappa shape index (κ1) is 10.5. The van der Waals surface area contributed by atoms with Crippen molar-refractivity contribution >= 4 is 0 Å². The Labute approximate surface area is 69.2 Å². The summed E-state index contributed by atoms with van der Waals surface area (Å²) in [5.74, 6) is 0. The molecular formula is C6H10N2O4. The molecule has 6 heteroatoms. The molecule has 0 aromatic heterocycles. The van der Waals surface area contributed by atoms with Gasteiger partial charge in [0.25, 0.3) is 0 Å². The number of hydrogen-bond acceptors (Lipinski definition) is 4. The summed E-state index contributed by atoms with van der Waals surface area (Å²) in [5.41, 5.74) is 0. The molecule has 0 spiro atoms. The third-order valence-corrected chi connectivity index (χ3v) is 1.24. The van der Waals surface area contributed by atoms with Crippen LogP contribution >= 0.6 is 0 Å². The number of nitro groups is 2. The van der Waals surface area contributed by atoms with E-state index in [1.807, 2.05) is 6.92 Å². The van der Waals surface area contributed by atoms with Gasteiger partial charge in [-0.2, -0.15) is 0 Å². The molecule has 0 unspecified atom stereocenters. The van der Waals surface area contributed by atoms with Gasteiger partial charge in [0.2, 0.25) is 0 Å². The number of nitrogens with zero attached hydrogens (tertiary/aromatic N) is 2. The van der Waals surface area contributed by atoms with Crippen molar-refractivity contribution < 1.29 is 9.85 Å². The highest BCUT2D eigenvalue weighted by atomic mass is 16.7. The van der Waals surface area contributed by atoms with Crippen LogP contribution in [0, 0.1) is 20.2 Å². The zero-order chi connectivity index (χ0) is 9.56. The van der Waals surface area contributed by atoms with Gasteiger partial charge in [-0.3, -0.25) is 20.2 Å². The minimum Gasteiger partial charge on any atom is -0.259 e. The summed E-state index contributed by atoms with van der Waals surface area (Å²) in [6.07, 6.45) is 2.00. The van der Waals surface area contributed by atoms with Crippen molar-refractivity contribution in [1.82, 2.24) is 0 Å². The van der Waals surface area contributed by atoms with Crippen LogP contribution in [-0.2, 0) is 0 Å². The van der Waals surface area contributed by atoms with Crippen molar-refractivity contribution in [1.29, 1.82) is 0 Å². The van der Waals surface area contributed by atoms with Gasteiger partial charge in [-0.1, -0.05) is 19.1 Å². The molecule has 0 aliphatic rings. The van der Waals surface area contributed by atoms with E-state index >= 15 is 0 Å². The molecule has 68 valence electrons. The van der Waals surface area contributed by atoms with Crippen LogP contribution in [0.3, 0.4) is 0 Å². The Morgan fingerprint density at radius 3 is 2.08 bits per heavy atom. The molecule has 0 fully saturated rings. The summed E-state index contributed by atoms with van der Waals surface area (Å²) < 4.78 is 0. The lowest BCUT2D eigenvalue weighted by Crippen LogP contribution is -2.27. The first-order valence-corrected chi connectivity index (χ1v) is 3.51. The molecular weight excluding hydrogens is 164 g/mol. The molecule has 0 aliphatic carbocycles. The first-order valence-electron chi connectivity index (χ1n) is 3.51. The molecule has 0 saturated heterocycles. The lowest BCUT2D eigenvalue weighted by Gasteiger charge is -1.96.